The van der Waals surface area contributed by atoms with E-state index in [9.17, 15) is 9.59 Å². The van der Waals surface area contributed by atoms with Gasteiger partial charge in [-0.05, 0) is 67.6 Å². The normalized spacial score (nSPS) is 10.7. The van der Waals surface area contributed by atoms with Crippen LogP contribution in [0.4, 0.5) is 10.5 Å². The van der Waals surface area contributed by atoms with Crippen LogP contribution in [-0.2, 0) is 6.42 Å². The summed E-state index contributed by atoms with van der Waals surface area (Å²) in [6, 6.07) is 12.5. The fraction of sp³-hybridized carbons (Fsp3) is 0.200. The number of anilines is 1. The molecule has 6 heteroatoms. The lowest BCUT2D eigenvalue weighted by Gasteiger charge is -2.09. The summed E-state index contributed by atoms with van der Waals surface area (Å²) >= 11 is 5.81. The Kier molecular flexibility index (Phi) is 5.28. The van der Waals surface area contributed by atoms with E-state index in [1.54, 1.807) is 24.3 Å². The van der Waals surface area contributed by atoms with Gasteiger partial charge in [-0.2, -0.15) is 0 Å². The Labute approximate surface area is 156 Å². The number of H-pyrrole nitrogens is 1. The standard InChI is InChI=1S/C20H20ClN3O2/c1-12-9-13(2)18-15(10-12)11-14(19(25)24-18)7-8-22-20(26)23-17-5-3-16(21)4-6-17/h3-6,9-11H,7-8H2,1-2H3,(H,24,25)(H2,22,23,26). The quantitative estimate of drug-likeness (QED) is 0.646. The third-order valence-electron chi connectivity index (χ3n) is 4.15. The van der Waals surface area contributed by atoms with E-state index in [0.29, 0.717) is 29.2 Å². The van der Waals surface area contributed by atoms with Gasteiger partial charge in [0.25, 0.3) is 5.56 Å². The summed E-state index contributed by atoms with van der Waals surface area (Å²) in [5, 5.41) is 7.09. The molecule has 2 amide bonds. The third kappa shape index (κ3) is 4.24. The van der Waals surface area contributed by atoms with Gasteiger partial charge in [-0.1, -0.05) is 23.2 Å². The van der Waals surface area contributed by atoms with Crippen molar-refractivity contribution in [3.05, 3.63) is 74.5 Å². The highest BCUT2D eigenvalue weighted by Crippen LogP contribution is 2.18. The first kappa shape index (κ1) is 18.0. The number of urea groups is 1. The molecule has 1 aromatic heterocycles. The number of amides is 2. The minimum atomic E-state index is -0.323. The lowest BCUT2D eigenvalue weighted by molar-refractivity contribution is 0.252. The summed E-state index contributed by atoms with van der Waals surface area (Å²) in [4.78, 5) is 27.1. The van der Waals surface area contributed by atoms with Gasteiger partial charge in [0.2, 0.25) is 0 Å². The Bertz CT molecular complexity index is 1010. The number of benzene rings is 2. The first-order chi connectivity index (χ1) is 12.4. The fourth-order valence-corrected chi connectivity index (χ4v) is 3.06. The predicted octanol–water partition coefficient (Wildman–Crippen LogP) is 4.16. The van der Waals surface area contributed by atoms with Crippen LogP contribution < -0.4 is 16.2 Å². The van der Waals surface area contributed by atoms with E-state index in [-0.39, 0.29) is 11.6 Å². The Hall–Kier alpha value is -2.79. The van der Waals surface area contributed by atoms with Crippen molar-refractivity contribution in [1.82, 2.24) is 10.3 Å². The number of nitrogens with one attached hydrogen (secondary N) is 3. The van der Waals surface area contributed by atoms with Crippen molar-refractivity contribution in [1.29, 1.82) is 0 Å². The molecule has 5 nitrogen and oxygen atoms in total. The molecule has 0 fully saturated rings. The number of halogens is 1. The molecule has 134 valence electrons. The zero-order valence-electron chi connectivity index (χ0n) is 14.7. The second-order valence-corrected chi connectivity index (χ2v) is 6.74. The Balaban J connectivity index is 1.64. The number of hydrogen-bond donors (Lipinski definition) is 3. The smallest absolute Gasteiger partial charge is 0.319 e. The van der Waals surface area contributed by atoms with Gasteiger partial charge >= 0.3 is 6.03 Å². The number of hydrogen-bond acceptors (Lipinski definition) is 2. The SMILES string of the molecule is Cc1cc(C)c2[nH]c(=O)c(CCNC(=O)Nc3ccc(Cl)cc3)cc2c1. The zero-order chi connectivity index (χ0) is 18.7. The van der Waals surface area contributed by atoms with Gasteiger partial charge in [0.05, 0.1) is 5.52 Å². The number of carbonyl (C=O) groups excluding carboxylic acids is 1. The highest BCUT2D eigenvalue weighted by Gasteiger charge is 2.07. The van der Waals surface area contributed by atoms with E-state index < -0.39 is 0 Å². The number of aromatic amines is 1. The van der Waals surface area contributed by atoms with E-state index in [2.05, 4.69) is 15.6 Å². The molecule has 0 bridgehead atoms. The molecule has 0 aliphatic carbocycles. The number of aromatic nitrogens is 1. The lowest BCUT2D eigenvalue weighted by Crippen LogP contribution is -2.31. The summed E-state index contributed by atoms with van der Waals surface area (Å²) in [5.41, 5.74) is 4.23. The summed E-state index contributed by atoms with van der Waals surface area (Å²) in [5.74, 6) is 0. The average molecular weight is 370 g/mol. The molecule has 3 rings (SSSR count). The Morgan fingerprint density at radius 3 is 2.58 bits per heavy atom. The number of carbonyl (C=O) groups is 1. The van der Waals surface area contributed by atoms with E-state index in [1.165, 1.54) is 0 Å². The molecule has 0 saturated carbocycles. The number of aryl methyl sites for hydroxylation is 2. The van der Waals surface area contributed by atoms with Crippen molar-refractivity contribution in [3.8, 4) is 0 Å². The highest BCUT2D eigenvalue weighted by molar-refractivity contribution is 6.30. The molecule has 0 radical (unpaired) electrons. The first-order valence-electron chi connectivity index (χ1n) is 8.36. The maximum atomic E-state index is 12.3. The largest absolute Gasteiger partial charge is 0.338 e. The minimum absolute atomic E-state index is 0.121. The van der Waals surface area contributed by atoms with Gasteiger partial charge < -0.3 is 15.6 Å². The van der Waals surface area contributed by atoms with Crippen LogP contribution in [0.1, 0.15) is 16.7 Å². The molecule has 1 heterocycles. The molecule has 0 atom stereocenters. The molecule has 0 aliphatic rings. The minimum Gasteiger partial charge on any atom is -0.338 e. The van der Waals surface area contributed by atoms with E-state index in [0.717, 1.165) is 22.0 Å². The summed E-state index contributed by atoms with van der Waals surface area (Å²) in [7, 11) is 0. The molecule has 0 unspecified atom stereocenters. The van der Waals surface area contributed by atoms with Crippen molar-refractivity contribution in [2.45, 2.75) is 20.3 Å². The van der Waals surface area contributed by atoms with Crippen LogP contribution in [0, 0.1) is 13.8 Å². The maximum Gasteiger partial charge on any atom is 0.319 e. The van der Waals surface area contributed by atoms with Crippen molar-refractivity contribution < 1.29 is 4.79 Å². The van der Waals surface area contributed by atoms with E-state index >= 15 is 0 Å². The van der Waals surface area contributed by atoms with Gasteiger partial charge in [0.15, 0.2) is 0 Å². The molecular formula is C20H20ClN3O2. The molecule has 3 N–H and O–H groups in total. The first-order valence-corrected chi connectivity index (χ1v) is 8.74. The molecule has 0 saturated heterocycles. The second-order valence-electron chi connectivity index (χ2n) is 6.31. The third-order valence-corrected chi connectivity index (χ3v) is 4.40. The van der Waals surface area contributed by atoms with Gasteiger partial charge in [-0.15, -0.1) is 0 Å². The van der Waals surface area contributed by atoms with Crippen LogP contribution in [-0.4, -0.2) is 17.6 Å². The lowest BCUT2D eigenvalue weighted by atomic mass is 10.0. The van der Waals surface area contributed by atoms with Crippen LogP contribution in [0.25, 0.3) is 10.9 Å². The van der Waals surface area contributed by atoms with Crippen molar-refractivity contribution in [2.24, 2.45) is 0 Å². The number of pyridine rings is 1. The molecule has 3 aromatic rings. The van der Waals surface area contributed by atoms with Crippen LogP contribution in [0.2, 0.25) is 5.02 Å². The van der Waals surface area contributed by atoms with Gasteiger partial charge in [-0.25, -0.2) is 4.79 Å². The summed E-state index contributed by atoms with van der Waals surface area (Å²) in [6.45, 7) is 4.37. The van der Waals surface area contributed by atoms with Crippen molar-refractivity contribution in [3.63, 3.8) is 0 Å². The highest BCUT2D eigenvalue weighted by atomic mass is 35.5. The number of rotatable bonds is 4. The summed E-state index contributed by atoms with van der Waals surface area (Å²) in [6.07, 6.45) is 0.451. The fourth-order valence-electron chi connectivity index (χ4n) is 2.94. The predicted molar refractivity (Wildman–Crippen MR) is 106 cm³/mol. The van der Waals surface area contributed by atoms with Crippen molar-refractivity contribution >= 4 is 34.2 Å². The molecule has 0 spiro atoms. The number of fused-ring (bicyclic) bond motifs is 1. The molecular weight excluding hydrogens is 350 g/mol. The van der Waals surface area contributed by atoms with Gasteiger partial charge in [-0.3, -0.25) is 4.79 Å². The van der Waals surface area contributed by atoms with Crippen molar-refractivity contribution in [2.75, 3.05) is 11.9 Å². The maximum absolute atomic E-state index is 12.3. The van der Waals surface area contributed by atoms with Crippen LogP contribution >= 0.6 is 11.6 Å². The van der Waals surface area contributed by atoms with Crippen LogP contribution in [0.15, 0.2) is 47.3 Å². The average Bonchev–Trinajstić information content (AvgIpc) is 2.58. The van der Waals surface area contributed by atoms with Gasteiger partial charge in [0.1, 0.15) is 0 Å². The molecule has 2 aromatic carbocycles. The van der Waals surface area contributed by atoms with Gasteiger partial charge in [0, 0.05) is 22.8 Å². The Morgan fingerprint density at radius 1 is 1.12 bits per heavy atom. The molecule has 26 heavy (non-hydrogen) atoms. The topological polar surface area (TPSA) is 74.0 Å². The second kappa shape index (κ2) is 7.62. The molecule has 0 aliphatic heterocycles. The van der Waals surface area contributed by atoms with E-state index in [4.69, 9.17) is 11.6 Å². The monoisotopic (exact) mass is 369 g/mol. The van der Waals surface area contributed by atoms with Crippen LogP contribution in [0.3, 0.4) is 0 Å². The Morgan fingerprint density at radius 2 is 1.85 bits per heavy atom. The zero-order valence-corrected chi connectivity index (χ0v) is 15.4. The van der Waals surface area contributed by atoms with Crippen LogP contribution in [0.5, 0.6) is 0 Å². The van der Waals surface area contributed by atoms with E-state index in [1.807, 2.05) is 32.0 Å². The summed E-state index contributed by atoms with van der Waals surface area (Å²) < 4.78 is 0.